The number of aryl methyl sites for hydroxylation is 2. The molecule has 2 heterocycles. The zero-order valence-electron chi connectivity index (χ0n) is 14.5. The maximum absolute atomic E-state index is 12.4. The lowest BCUT2D eigenvalue weighted by molar-refractivity contribution is -0.113. The van der Waals surface area contributed by atoms with Crippen LogP contribution in [0.15, 0.2) is 33.6 Å². The molecule has 1 atom stereocenters. The Hall–Kier alpha value is -1.32. The van der Waals surface area contributed by atoms with Gasteiger partial charge in [-0.15, -0.1) is 11.8 Å². The highest BCUT2D eigenvalue weighted by Crippen LogP contribution is 2.28. The summed E-state index contributed by atoms with van der Waals surface area (Å²) in [5.41, 5.74) is 1.86. The largest absolute Gasteiger partial charge is 0.310 e. The highest BCUT2D eigenvalue weighted by atomic mass is 79.9. The Labute approximate surface area is 165 Å². The van der Waals surface area contributed by atoms with Crippen molar-refractivity contribution in [1.29, 1.82) is 0 Å². The Morgan fingerprint density at radius 3 is 2.81 bits per heavy atom. The van der Waals surface area contributed by atoms with Crippen LogP contribution >= 0.6 is 27.7 Å². The summed E-state index contributed by atoms with van der Waals surface area (Å²) in [4.78, 5) is 13.4. The van der Waals surface area contributed by atoms with Crippen molar-refractivity contribution in [3.05, 3.63) is 40.0 Å². The van der Waals surface area contributed by atoms with E-state index in [0.717, 1.165) is 20.6 Å². The zero-order chi connectivity index (χ0) is 18.9. The predicted molar refractivity (Wildman–Crippen MR) is 108 cm³/mol. The molecule has 0 bridgehead atoms. The fraction of sp³-hybridized carbons (Fsp3) is 0.412. The first-order valence-electron chi connectivity index (χ1n) is 8.19. The van der Waals surface area contributed by atoms with E-state index in [9.17, 15) is 13.2 Å². The van der Waals surface area contributed by atoms with Gasteiger partial charge in [-0.05, 0) is 44.0 Å². The number of thioether (sulfide) groups is 1. The lowest BCUT2D eigenvalue weighted by atomic mass is 10.2. The lowest BCUT2D eigenvalue weighted by Crippen LogP contribution is -2.20. The van der Waals surface area contributed by atoms with E-state index in [1.54, 1.807) is 10.7 Å². The molecule has 1 aromatic heterocycles. The van der Waals surface area contributed by atoms with Crippen molar-refractivity contribution in [2.75, 3.05) is 22.6 Å². The van der Waals surface area contributed by atoms with Crippen LogP contribution in [0.2, 0.25) is 0 Å². The third-order valence-electron chi connectivity index (χ3n) is 4.18. The molecule has 1 unspecified atom stereocenters. The Morgan fingerprint density at radius 1 is 1.38 bits per heavy atom. The quantitative estimate of drug-likeness (QED) is 0.696. The van der Waals surface area contributed by atoms with Crippen molar-refractivity contribution in [2.24, 2.45) is 0 Å². The van der Waals surface area contributed by atoms with Gasteiger partial charge in [-0.1, -0.05) is 15.9 Å². The van der Waals surface area contributed by atoms with Crippen molar-refractivity contribution in [1.82, 2.24) is 9.78 Å². The number of nitrogens with one attached hydrogen (secondary N) is 1. The van der Waals surface area contributed by atoms with Crippen LogP contribution in [0, 0.1) is 13.8 Å². The normalized spacial score (nSPS) is 18.8. The summed E-state index contributed by atoms with van der Waals surface area (Å²) in [6.07, 6.45) is 0.527. The standard InChI is InChI=1S/C17H20BrN3O3S2/c1-11-7-13(18)3-4-15(11)25-9-17(22)19-16-8-12(2)20-21(16)14-5-6-26(23,24)10-14/h3-4,7-8,14H,5-6,9-10H2,1-2H3,(H,19,22). The number of sulfone groups is 1. The van der Waals surface area contributed by atoms with E-state index in [0.29, 0.717) is 12.2 Å². The van der Waals surface area contributed by atoms with Gasteiger partial charge in [-0.2, -0.15) is 5.10 Å². The predicted octanol–water partition coefficient (Wildman–Crippen LogP) is 3.35. The van der Waals surface area contributed by atoms with Gasteiger partial charge in [0.05, 0.1) is 29.0 Å². The first-order chi connectivity index (χ1) is 12.2. The number of nitrogens with zero attached hydrogens (tertiary/aromatic N) is 2. The SMILES string of the molecule is Cc1cc(NC(=O)CSc2ccc(Br)cc2C)n(C2CCS(=O)(=O)C2)n1. The molecule has 1 N–H and O–H groups in total. The molecule has 140 valence electrons. The fourth-order valence-electron chi connectivity index (χ4n) is 2.95. The van der Waals surface area contributed by atoms with E-state index in [1.807, 2.05) is 32.0 Å². The molecule has 3 rings (SSSR count). The van der Waals surface area contributed by atoms with Gasteiger partial charge < -0.3 is 5.32 Å². The molecular formula is C17H20BrN3O3S2. The van der Waals surface area contributed by atoms with Crippen LogP contribution in [0.4, 0.5) is 5.82 Å². The Kier molecular flexibility index (Phi) is 5.78. The second-order valence-electron chi connectivity index (χ2n) is 6.42. The number of hydrogen-bond donors (Lipinski definition) is 1. The van der Waals surface area contributed by atoms with E-state index in [2.05, 4.69) is 26.3 Å². The molecule has 1 amide bonds. The van der Waals surface area contributed by atoms with Crippen LogP contribution in [0.25, 0.3) is 0 Å². The lowest BCUT2D eigenvalue weighted by Gasteiger charge is -2.14. The maximum atomic E-state index is 12.4. The van der Waals surface area contributed by atoms with Gasteiger partial charge in [0.25, 0.3) is 0 Å². The second-order valence-corrected chi connectivity index (χ2v) is 10.6. The van der Waals surface area contributed by atoms with Crippen LogP contribution in [0.5, 0.6) is 0 Å². The first kappa shape index (κ1) is 19.4. The van der Waals surface area contributed by atoms with Crippen molar-refractivity contribution < 1.29 is 13.2 Å². The third kappa shape index (κ3) is 4.69. The highest BCUT2D eigenvalue weighted by molar-refractivity contribution is 9.10. The molecule has 26 heavy (non-hydrogen) atoms. The van der Waals surface area contributed by atoms with Gasteiger partial charge in [-0.3, -0.25) is 4.79 Å². The van der Waals surface area contributed by atoms with Gasteiger partial charge in [0.2, 0.25) is 5.91 Å². The third-order valence-corrected chi connectivity index (χ3v) is 7.59. The van der Waals surface area contributed by atoms with Crippen molar-refractivity contribution in [2.45, 2.75) is 31.2 Å². The highest BCUT2D eigenvalue weighted by Gasteiger charge is 2.31. The Bertz CT molecular complexity index is 941. The number of carbonyl (C=O) groups is 1. The second kappa shape index (κ2) is 7.74. The molecule has 1 aliphatic rings. The molecule has 1 aromatic carbocycles. The Morgan fingerprint density at radius 2 is 2.15 bits per heavy atom. The number of carbonyl (C=O) groups excluding carboxylic acids is 1. The minimum absolute atomic E-state index is 0.0732. The molecule has 0 radical (unpaired) electrons. The van der Waals surface area contributed by atoms with Gasteiger partial charge in [0, 0.05) is 15.4 Å². The molecule has 1 saturated heterocycles. The molecule has 0 aliphatic carbocycles. The minimum atomic E-state index is -3.02. The average Bonchev–Trinajstić information content (AvgIpc) is 3.08. The fourth-order valence-corrected chi connectivity index (χ4v) is 5.93. The van der Waals surface area contributed by atoms with Gasteiger partial charge >= 0.3 is 0 Å². The summed E-state index contributed by atoms with van der Waals surface area (Å²) in [5, 5.41) is 7.25. The summed E-state index contributed by atoms with van der Waals surface area (Å²) >= 11 is 4.90. The number of aromatic nitrogens is 2. The summed E-state index contributed by atoms with van der Waals surface area (Å²) < 4.78 is 26.1. The molecule has 6 nitrogen and oxygen atoms in total. The molecule has 1 aliphatic heterocycles. The van der Waals surface area contributed by atoms with E-state index in [1.165, 1.54) is 11.8 Å². The summed E-state index contributed by atoms with van der Waals surface area (Å²) in [6, 6.07) is 7.50. The summed E-state index contributed by atoms with van der Waals surface area (Å²) in [7, 11) is -3.02. The van der Waals surface area contributed by atoms with Crippen LogP contribution in [0.1, 0.15) is 23.7 Å². The van der Waals surface area contributed by atoms with E-state index in [-0.39, 0.29) is 29.2 Å². The van der Waals surface area contributed by atoms with Crippen LogP contribution in [0.3, 0.4) is 0 Å². The van der Waals surface area contributed by atoms with E-state index in [4.69, 9.17) is 0 Å². The molecule has 0 saturated carbocycles. The molecule has 1 fully saturated rings. The maximum Gasteiger partial charge on any atom is 0.235 e. The van der Waals surface area contributed by atoms with Gasteiger partial charge in [0.1, 0.15) is 5.82 Å². The number of amides is 1. The summed E-state index contributed by atoms with van der Waals surface area (Å²) in [5.74, 6) is 0.935. The molecule has 9 heteroatoms. The molecular weight excluding hydrogens is 438 g/mol. The number of hydrogen-bond acceptors (Lipinski definition) is 5. The van der Waals surface area contributed by atoms with Gasteiger partial charge in [0.15, 0.2) is 9.84 Å². The minimum Gasteiger partial charge on any atom is -0.310 e. The Balaban J connectivity index is 1.66. The number of anilines is 1. The molecule has 2 aromatic rings. The van der Waals surface area contributed by atoms with E-state index >= 15 is 0 Å². The number of rotatable bonds is 5. The topological polar surface area (TPSA) is 81.1 Å². The zero-order valence-corrected chi connectivity index (χ0v) is 17.7. The number of benzene rings is 1. The monoisotopic (exact) mass is 457 g/mol. The van der Waals surface area contributed by atoms with Crippen molar-refractivity contribution in [3.63, 3.8) is 0 Å². The number of halogens is 1. The van der Waals surface area contributed by atoms with Crippen molar-refractivity contribution >= 4 is 49.3 Å². The van der Waals surface area contributed by atoms with Crippen LogP contribution in [-0.2, 0) is 14.6 Å². The smallest absolute Gasteiger partial charge is 0.235 e. The van der Waals surface area contributed by atoms with Crippen LogP contribution in [-0.4, -0.2) is 41.4 Å². The summed E-state index contributed by atoms with van der Waals surface area (Å²) in [6.45, 7) is 3.83. The first-order valence-corrected chi connectivity index (χ1v) is 11.8. The average molecular weight is 458 g/mol. The molecule has 0 spiro atoms. The van der Waals surface area contributed by atoms with Crippen molar-refractivity contribution in [3.8, 4) is 0 Å². The van der Waals surface area contributed by atoms with E-state index < -0.39 is 9.84 Å². The van der Waals surface area contributed by atoms with Crippen LogP contribution < -0.4 is 5.32 Å². The van der Waals surface area contributed by atoms with Gasteiger partial charge in [-0.25, -0.2) is 13.1 Å².